The lowest BCUT2D eigenvalue weighted by atomic mass is 10.1. The van der Waals surface area contributed by atoms with E-state index in [0.717, 1.165) is 11.3 Å². The number of halogens is 3. The van der Waals surface area contributed by atoms with Crippen molar-refractivity contribution in [1.29, 1.82) is 0 Å². The van der Waals surface area contributed by atoms with E-state index in [0.29, 0.717) is 13.0 Å². The summed E-state index contributed by atoms with van der Waals surface area (Å²) in [6, 6.07) is 7.13. The number of ketones is 1. The monoisotopic (exact) mass is 329 g/mol. The number of methoxy groups -OCH3 is 1. The van der Waals surface area contributed by atoms with E-state index in [1.165, 1.54) is 0 Å². The lowest BCUT2D eigenvalue weighted by molar-refractivity contribution is -0.365. The highest BCUT2D eigenvalue weighted by Gasteiger charge is 2.36. The van der Waals surface area contributed by atoms with Crippen molar-refractivity contribution < 1.29 is 41.4 Å². The number of alkyl halides is 3. The van der Waals surface area contributed by atoms with Crippen LogP contribution in [0.2, 0.25) is 0 Å². The van der Waals surface area contributed by atoms with Gasteiger partial charge < -0.3 is 15.0 Å². The average Bonchev–Trinajstić information content (AvgIpc) is 2.37. The minimum Gasteiger partial charge on any atom is -0.741 e. The molecule has 0 unspecified atom stereocenters. The third-order valence-corrected chi connectivity index (χ3v) is 2.67. The summed E-state index contributed by atoms with van der Waals surface area (Å²) in [6.45, 7) is 0.644. The maximum Gasteiger partial charge on any atom is 0.485 e. The summed E-state index contributed by atoms with van der Waals surface area (Å²) in [7, 11) is -4.49. The Morgan fingerprint density at radius 2 is 1.71 bits per heavy atom. The van der Waals surface area contributed by atoms with E-state index in [4.69, 9.17) is 17.7 Å². The standard InChI is InChI=1S/C10H13NO2.CHF3O3S/c1-13-9-4-2-8(3-5-9)10(12)6-7-11;2-1(3,4)8(5,6)7/h2-5H,6-7,11H2,1H3;(H,5,6,7). The van der Waals surface area contributed by atoms with Crippen LogP contribution in [0.15, 0.2) is 24.3 Å². The van der Waals surface area contributed by atoms with Crippen LogP contribution in [0.1, 0.15) is 16.8 Å². The molecule has 0 atom stereocenters. The molecule has 3 N–H and O–H groups in total. The first-order valence-corrected chi connectivity index (χ1v) is 6.92. The van der Waals surface area contributed by atoms with Crippen LogP contribution in [-0.4, -0.2) is 37.9 Å². The predicted molar refractivity (Wildman–Crippen MR) is 65.4 cm³/mol. The van der Waals surface area contributed by atoms with Gasteiger partial charge in [-0.3, -0.25) is 4.79 Å². The smallest absolute Gasteiger partial charge is 0.485 e. The highest BCUT2D eigenvalue weighted by molar-refractivity contribution is 7.86. The van der Waals surface area contributed by atoms with Gasteiger partial charge in [-0.1, -0.05) is 0 Å². The predicted octanol–water partition coefficient (Wildman–Crippen LogP) is 0.561. The molecule has 0 bridgehead atoms. The summed E-state index contributed by atoms with van der Waals surface area (Å²) >= 11 is 0. The van der Waals surface area contributed by atoms with Crippen molar-refractivity contribution in [3.8, 4) is 5.75 Å². The van der Waals surface area contributed by atoms with Gasteiger partial charge in [0.1, 0.15) is 5.75 Å². The molecule has 1 aromatic rings. The first-order chi connectivity index (χ1) is 9.52. The van der Waals surface area contributed by atoms with Gasteiger partial charge in [0.15, 0.2) is 15.9 Å². The quantitative estimate of drug-likeness (QED) is 0.493. The van der Waals surface area contributed by atoms with E-state index in [1.807, 2.05) is 0 Å². The van der Waals surface area contributed by atoms with Gasteiger partial charge in [0, 0.05) is 5.56 Å². The van der Waals surface area contributed by atoms with Gasteiger partial charge in [0.25, 0.3) is 0 Å². The van der Waals surface area contributed by atoms with Crippen molar-refractivity contribution in [2.24, 2.45) is 0 Å². The topological polar surface area (TPSA) is 111 Å². The summed E-state index contributed by atoms with van der Waals surface area (Å²) in [5, 5.41) is 0. The zero-order chi connectivity index (χ0) is 16.7. The minimum atomic E-state index is -6.09. The highest BCUT2D eigenvalue weighted by atomic mass is 32.2. The second kappa shape index (κ2) is 7.96. The lowest BCUT2D eigenvalue weighted by Gasteiger charge is -2.08. The van der Waals surface area contributed by atoms with E-state index in [-0.39, 0.29) is 5.78 Å². The zero-order valence-corrected chi connectivity index (χ0v) is 11.8. The third-order valence-electron chi connectivity index (χ3n) is 2.10. The normalized spacial score (nSPS) is 11.3. The minimum absolute atomic E-state index is 0.137. The van der Waals surface area contributed by atoms with Crippen LogP contribution in [0.3, 0.4) is 0 Å². The van der Waals surface area contributed by atoms with Gasteiger partial charge in [-0.25, -0.2) is 8.42 Å². The fraction of sp³-hybridized carbons (Fsp3) is 0.364. The Morgan fingerprint density at radius 1 is 1.29 bits per heavy atom. The SMILES string of the molecule is COc1ccc(C(=O)CC[NH3+])cc1.O=S(=O)([O-])C(F)(F)F. The molecule has 0 heterocycles. The van der Waals surface area contributed by atoms with Gasteiger partial charge in [0.2, 0.25) is 0 Å². The Labute approximate surface area is 119 Å². The van der Waals surface area contributed by atoms with Crippen LogP contribution in [0.25, 0.3) is 0 Å². The molecule has 0 aromatic heterocycles. The summed E-state index contributed by atoms with van der Waals surface area (Å²) in [6.07, 6.45) is 0.506. The van der Waals surface area contributed by atoms with Crippen molar-refractivity contribution in [2.75, 3.05) is 13.7 Å². The highest BCUT2D eigenvalue weighted by Crippen LogP contribution is 2.20. The van der Waals surface area contributed by atoms with Gasteiger partial charge in [0.05, 0.1) is 20.1 Å². The van der Waals surface area contributed by atoms with Crippen LogP contribution in [-0.2, 0) is 10.1 Å². The van der Waals surface area contributed by atoms with E-state index >= 15 is 0 Å². The fourth-order valence-electron chi connectivity index (χ4n) is 1.08. The third kappa shape index (κ3) is 7.06. The van der Waals surface area contributed by atoms with E-state index < -0.39 is 15.6 Å². The molecule has 1 rings (SSSR count). The van der Waals surface area contributed by atoms with E-state index in [2.05, 4.69) is 5.73 Å². The Kier molecular flexibility index (Phi) is 7.33. The molecule has 0 spiro atoms. The van der Waals surface area contributed by atoms with Crippen molar-refractivity contribution in [1.82, 2.24) is 0 Å². The molecule has 0 aliphatic carbocycles. The molecular formula is C11H14F3NO5S. The van der Waals surface area contributed by atoms with Gasteiger partial charge in [-0.2, -0.15) is 13.2 Å². The number of hydrogen-bond donors (Lipinski definition) is 1. The van der Waals surface area contributed by atoms with Crippen molar-refractivity contribution in [2.45, 2.75) is 11.9 Å². The number of carbonyl (C=O) groups excluding carboxylic acids is 1. The molecule has 0 aliphatic rings. The number of rotatable bonds is 4. The summed E-state index contributed by atoms with van der Waals surface area (Å²) in [5.74, 6) is 0.906. The maximum absolute atomic E-state index is 11.4. The average molecular weight is 329 g/mol. The number of hydrogen-bond acceptors (Lipinski definition) is 5. The number of Topliss-reactive ketones (excluding diaryl/α,β-unsaturated/α-hetero) is 1. The van der Waals surface area contributed by atoms with Crippen LogP contribution < -0.4 is 10.5 Å². The number of benzene rings is 1. The summed E-state index contributed by atoms with van der Waals surface area (Å²) in [5.41, 5.74) is -1.28. The number of quaternary nitrogens is 1. The molecule has 0 radical (unpaired) electrons. The van der Waals surface area contributed by atoms with Crippen LogP contribution in [0.4, 0.5) is 13.2 Å². The van der Waals surface area contributed by atoms with E-state index in [1.54, 1.807) is 31.4 Å². The Bertz CT molecular complexity index is 554. The maximum atomic E-state index is 11.4. The van der Waals surface area contributed by atoms with E-state index in [9.17, 15) is 18.0 Å². The van der Waals surface area contributed by atoms with Gasteiger partial charge in [-0.05, 0) is 24.3 Å². The van der Waals surface area contributed by atoms with Gasteiger partial charge >= 0.3 is 5.51 Å². The van der Waals surface area contributed by atoms with Gasteiger partial charge in [-0.15, -0.1) is 0 Å². The molecule has 6 nitrogen and oxygen atoms in total. The van der Waals surface area contributed by atoms with Crippen molar-refractivity contribution >= 4 is 15.9 Å². The molecule has 0 saturated carbocycles. The molecule has 120 valence electrons. The Morgan fingerprint density at radius 3 is 2.00 bits per heavy atom. The molecule has 0 amide bonds. The first kappa shape index (κ1) is 19.4. The van der Waals surface area contributed by atoms with Crippen LogP contribution in [0.5, 0.6) is 5.75 Å². The molecule has 0 fully saturated rings. The zero-order valence-electron chi connectivity index (χ0n) is 11.0. The Hall–Kier alpha value is -1.65. The van der Waals surface area contributed by atoms with Crippen molar-refractivity contribution in [3.05, 3.63) is 29.8 Å². The first-order valence-electron chi connectivity index (χ1n) is 5.51. The second-order valence-electron chi connectivity index (χ2n) is 3.66. The van der Waals surface area contributed by atoms with Crippen LogP contribution in [0, 0.1) is 0 Å². The fourth-order valence-corrected chi connectivity index (χ4v) is 1.08. The number of ether oxygens (including phenoxy) is 1. The largest absolute Gasteiger partial charge is 0.741 e. The van der Waals surface area contributed by atoms with Crippen molar-refractivity contribution in [3.63, 3.8) is 0 Å². The molecule has 10 heteroatoms. The molecule has 1 aromatic carbocycles. The molecule has 0 aliphatic heterocycles. The number of carbonyl (C=O) groups is 1. The molecular weight excluding hydrogens is 315 g/mol. The second-order valence-corrected chi connectivity index (χ2v) is 5.03. The summed E-state index contributed by atoms with van der Waals surface area (Å²) < 4.78 is 63.9. The Balaban J connectivity index is 0.000000433. The molecule has 0 saturated heterocycles. The lowest BCUT2D eigenvalue weighted by Crippen LogP contribution is -2.50. The van der Waals surface area contributed by atoms with Crippen LogP contribution >= 0.6 is 0 Å². The molecule has 21 heavy (non-hydrogen) atoms. The summed E-state index contributed by atoms with van der Waals surface area (Å²) in [4.78, 5) is 11.4.